The Kier molecular flexibility index (Phi) is 8.34. The van der Waals surface area contributed by atoms with Gasteiger partial charge < -0.3 is 26.1 Å². The van der Waals surface area contributed by atoms with Crippen LogP contribution in [0.3, 0.4) is 0 Å². The molecule has 1 aromatic rings. The zero-order chi connectivity index (χ0) is 23.2. The van der Waals surface area contributed by atoms with Crippen molar-refractivity contribution in [2.24, 2.45) is 0 Å². The van der Waals surface area contributed by atoms with E-state index in [1.807, 2.05) is 6.07 Å². The molecule has 0 heterocycles. The number of benzene rings is 1. The fourth-order valence-corrected chi connectivity index (χ4v) is 3.78. The lowest BCUT2D eigenvalue weighted by Gasteiger charge is -2.34. The van der Waals surface area contributed by atoms with E-state index in [1.165, 1.54) is 6.07 Å². The van der Waals surface area contributed by atoms with Crippen LogP contribution in [0.25, 0.3) is 0 Å². The van der Waals surface area contributed by atoms with E-state index in [-0.39, 0.29) is 29.8 Å². The van der Waals surface area contributed by atoms with Crippen molar-refractivity contribution in [2.75, 3.05) is 10.6 Å². The first-order valence-electron chi connectivity index (χ1n) is 10.3. The van der Waals surface area contributed by atoms with Gasteiger partial charge in [0.2, 0.25) is 0 Å². The van der Waals surface area contributed by atoms with Crippen LogP contribution in [0.5, 0.6) is 0 Å². The van der Waals surface area contributed by atoms with Gasteiger partial charge in [0.15, 0.2) is 0 Å². The quantitative estimate of drug-likeness (QED) is 0.356. The number of halogens is 1. The lowest BCUT2D eigenvalue weighted by atomic mass is 9.90. The number of carbonyl (C=O) groups excluding carboxylic acids is 1. The highest BCUT2D eigenvalue weighted by Gasteiger charge is 2.29. The van der Waals surface area contributed by atoms with Crippen LogP contribution in [0.4, 0.5) is 20.6 Å². The molecule has 1 aromatic carbocycles. The largest absolute Gasteiger partial charge is 0.444 e. The van der Waals surface area contributed by atoms with Crippen molar-refractivity contribution in [3.63, 3.8) is 0 Å². The van der Waals surface area contributed by atoms with Crippen molar-refractivity contribution < 1.29 is 13.9 Å². The Bertz CT molecular complexity index is 891. The topological polar surface area (TPSA) is 110 Å². The predicted octanol–water partition coefficient (Wildman–Crippen LogP) is 5.11. The van der Waals surface area contributed by atoms with Crippen molar-refractivity contribution in [1.82, 2.24) is 5.32 Å². The molecule has 2 rings (SSSR count). The lowest BCUT2D eigenvalue weighted by molar-refractivity contribution is 0.0488. The Morgan fingerprint density at radius 2 is 1.94 bits per heavy atom. The van der Waals surface area contributed by atoms with E-state index in [2.05, 4.69) is 16.0 Å². The van der Waals surface area contributed by atoms with Gasteiger partial charge in [-0.1, -0.05) is 25.1 Å². The molecular formula is C22H30FN5O2S. The van der Waals surface area contributed by atoms with Crippen molar-refractivity contribution in [2.45, 2.75) is 77.5 Å². The van der Waals surface area contributed by atoms with Gasteiger partial charge >= 0.3 is 6.09 Å². The second-order valence-corrected chi connectivity index (χ2v) is 9.28. The Hall–Kier alpha value is -2.73. The summed E-state index contributed by atoms with van der Waals surface area (Å²) >= 11 is 5.23. The van der Waals surface area contributed by atoms with Crippen LogP contribution in [0.1, 0.15) is 65.4 Å². The third kappa shape index (κ3) is 7.79. The third-order valence-electron chi connectivity index (χ3n) is 4.74. The van der Waals surface area contributed by atoms with Crippen LogP contribution < -0.4 is 16.0 Å². The first kappa shape index (κ1) is 24.5. The molecule has 1 saturated carbocycles. The smallest absolute Gasteiger partial charge is 0.407 e. The molecule has 9 heteroatoms. The number of nitriles is 1. The number of nitrogens with zero attached hydrogens (tertiary/aromatic N) is 1. The van der Waals surface area contributed by atoms with Gasteiger partial charge in [0.1, 0.15) is 17.5 Å². The number of thiocarbonyl (C=S) groups is 1. The van der Waals surface area contributed by atoms with E-state index in [4.69, 9.17) is 22.4 Å². The highest BCUT2D eigenvalue weighted by atomic mass is 32.1. The first-order valence-corrected chi connectivity index (χ1v) is 10.7. The third-order valence-corrected chi connectivity index (χ3v) is 4.98. The lowest BCUT2D eigenvalue weighted by Crippen LogP contribution is -2.49. The number of ether oxygens (including phenoxy) is 1. The summed E-state index contributed by atoms with van der Waals surface area (Å²) in [6.07, 6.45) is 3.18. The van der Waals surface area contributed by atoms with Crippen LogP contribution in [-0.4, -0.2) is 34.5 Å². The molecule has 2 unspecified atom stereocenters. The second-order valence-electron chi connectivity index (χ2n) is 8.78. The predicted molar refractivity (Wildman–Crippen MR) is 124 cm³/mol. The number of hydrogen-bond donors (Lipinski definition) is 4. The first-order chi connectivity index (χ1) is 14.5. The van der Waals surface area contributed by atoms with Gasteiger partial charge in [-0.2, -0.15) is 5.26 Å². The maximum absolute atomic E-state index is 14.7. The summed E-state index contributed by atoms with van der Waals surface area (Å²) in [6, 6.07) is 4.24. The van der Waals surface area contributed by atoms with Gasteiger partial charge in [-0.15, -0.1) is 0 Å². The molecule has 7 nitrogen and oxygen atoms in total. The van der Waals surface area contributed by atoms with E-state index in [1.54, 1.807) is 27.7 Å². The number of carbonyl (C=O) groups is 1. The van der Waals surface area contributed by atoms with Gasteiger partial charge in [-0.25, -0.2) is 9.18 Å². The SMILES string of the molecule is CC(=N)CC(=S)Nc1cc(NC2CCCCC2NC(=O)OC(C)(C)C)c(F)cc1C#N. The molecule has 0 saturated heterocycles. The molecule has 1 amide bonds. The minimum atomic E-state index is -0.602. The van der Waals surface area contributed by atoms with Crippen LogP contribution >= 0.6 is 12.2 Å². The van der Waals surface area contributed by atoms with Crippen LogP contribution in [0, 0.1) is 22.6 Å². The number of rotatable bonds is 6. The van der Waals surface area contributed by atoms with Crippen molar-refractivity contribution in [1.29, 1.82) is 10.7 Å². The van der Waals surface area contributed by atoms with Crippen molar-refractivity contribution in [3.8, 4) is 6.07 Å². The molecule has 0 radical (unpaired) electrons. The second kappa shape index (κ2) is 10.5. The Morgan fingerprint density at radius 3 is 2.52 bits per heavy atom. The summed E-state index contributed by atoms with van der Waals surface area (Å²) in [6.45, 7) is 7.04. The molecular weight excluding hydrogens is 417 g/mol. The summed E-state index contributed by atoms with van der Waals surface area (Å²) in [7, 11) is 0. The molecule has 2 atom stereocenters. The molecule has 0 bridgehead atoms. The van der Waals surface area contributed by atoms with Crippen LogP contribution in [-0.2, 0) is 4.74 Å². The minimum absolute atomic E-state index is 0.125. The highest BCUT2D eigenvalue weighted by Crippen LogP contribution is 2.28. The molecule has 0 aromatic heterocycles. The number of nitrogens with one attached hydrogen (secondary N) is 4. The molecule has 1 aliphatic rings. The fourth-order valence-electron chi connectivity index (χ4n) is 3.45. The summed E-state index contributed by atoms with van der Waals surface area (Å²) in [5.41, 5.74) is 0.507. The van der Waals surface area contributed by atoms with E-state index in [9.17, 15) is 14.4 Å². The van der Waals surface area contributed by atoms with E-state index in [0.29, 0.717) is 16.4 Å². The maximum Gasteiger partial charge on any atom is 0.407 e. The monoisotopic (exact) mass is 447 g/mol. The molecule has 4 N–H and O–H groups in total. The molecule has 1 fully saturated rings. The van der Waals surface area contributed by atoms with E-state index >= 15 is 0 Å². The average Bonchev–Trinajstić information content (AvgIpc) is 2.63. The Balaban J connectivity index is 2.19. The normalized spacial score (nSPS) is 18.5. The molecule has 31 heavy (non-hydrogen) atoms. The maximum atomic E-state index is 14.7. The molecule has 0 aliphatic heterocycles. The van der Waals surface area contributed by atoms with Crippen LogP contribution in [0.2, 0.25) is 0 Å². The Labute approximate surface area is 188 Å². The molecule has 1 aliphatic carbocycles. The zero-order valence-corrected chi connectivity index (χ0v) is 19.2. The van der Waals surface area contributed by atoms with Gasteiger partial charge in [-0.3, -0.25) is 0 Å². The molecule has 0 spiro atoms. The number of alkyl carbamates (subject to hydrolysis) is 1. The van der Waals surface area contributed by atoms with Crippen LogP contribution in [0.15, 0.2) is 12.1 Å². The van der Waals surface area contributed by atoms with E-state index < -0.39 is 17.5 Å². The van der Waals surface area contributed by atoms with Crippen molar-refractivity contribution >= 4 is 40.4 Å². The number of hydrogen-bond acceptors (Lipinski definition) is 6. The summed E-state index contributed by atoms with van der Waals surface area (Å²) in [5, 5.41) is 25.9. The number of anilines is 2. The summed E-state index contributed by atoms with van der Waals surface area (Å²) in [4.78, 5) is 12.6. The minimum Gasteiger partial charge on any atom is -0.444 e. The Morgan fingerprint density at radius 1 is 1.29 bits per heavy atom. The summed E-state index contributed by atoms with van der Waals surface area (Å²) in [5.74, 6) is -0.558. The fraction of sp³-hybridized carbons (Fsp3) is 0.545. The van der Waals surface area contributed by atoms with Gasteiger partial charge in [-0.05, 0) is 52.7 Å². The summed E-state index contributed by atoms with van der Waals surface area (Å²) < 4.78 is 20.1. The molecule has 168 valence electrons. The van der Waals surface area contributed by atoms with E-state index in [0.717, 1.165) is 31.7 Å². The van der Waals surface area contributed by atoms with Crippen molar-refractivity contribution in [3.05, 3.63) is 23.5 Å². The highest BCUT2D eigenvalue weighted by molar-refractivity contribution is 7.80. The number of amides is 1. The zero-order valence-electron chi connectivity index (χ0n) is 18.4. The van der Waals surface area contributed by atoms with Gasteiger partial charge in [0, 0.05) is 18.2 Å². The average molecular weight is 448 g/mol. The standard InChI is InChI=1S/C22H30FN5O2S/c1-13(25)9-20(31)27-18-11-19(15(23)10-14(18)12-24)26-16-7-5-6-8-17(16)28-21(29)30-22(2,3)4/h10-11,16-17,25-26H,5-9H2,1-4H3,(H,27,31)(H,28,29). The van der Waals surface area contributed by atoms with Gasteiger partial charge in [0.25, 0.3) is 0 Å². The van der Waals surface area contributed by atoms with Gasteiger partial charge in [0.05, 0.1) is 28.0 Å².